The normalized spacial score (nSPS) is 25.8. The van der Waals surface area contributed by atoms with Gasteiger partial charge in [-0.25, -0.2) is 4.79 Å². The smallest absolute Gasteiger partial charge is 0.322 e. The monoisotopic (exact) mass is 288 g/mol. The largest absolute Gasteiger partial charge is 0.393 e. The first-order chi connectivity index (χ1) is 10.0. The van der Waals surface area contributed by atoms with Gasteiger partial charge in [0.25, 0.3) is 0 Å². The van der Waals surface area contributed by atoms with Gasteiger partial charge < -0.3 is 15.3 Å². The number of benzene rings is 1. The van der Waals surface area contributed by atoms with Crippen molar-refractivity contribution >= 4 is 11.7 Å². The molecule has 2 aliphatic rings. The predicted octanol–water partition coefficient (Wildman–Crippen LogP) is 3.07. The molecule has 1 aromatic carbocycles. The molecule has 1 heterocycles. The summed E-state index contributed by atoms with van der Waals surface area (Å²) in [5.74, 6) is 0.587. The van der Waals surface area contributed by atoms with E-state index in [1.54, 1.807) is 0 Å². The van der Waals surface area contributed by atoms with Crippen LogP contribution >= 0.6 is 0 Å². The third-order valence-corrected chi connectivity index (χ3v) is 4.68. The maximum absolute atomic E-state index is 12.6. The van der Waals surface area contributed by atoms with Gasteiger partial charge in [0.1, 0.15) is 0 Å². The number of carbonyl (C=O) groups excluding carboxylic acids is 1. The Balaban J connectivity index is 1.73. The number of aliphatic hydroxyl groups excluding tert-OH is 1. The van der Waals surface area contributed by atoms with Crippen LogP contribution in [-0.4, -0.2) is 34.7 Å². The molecule has 1 saturated heterocycles. The fourth-order valence-electron chi connectivity index (χ4n) is 3.22. The fourth-order valence-corrected chi connectivity index (χ4v) is 3.22. The highest BCUT2D eigenvalue weighted by molar-refractivity contribution is 5.90. The summed E-state index contributed by atoms with van der Waals surface area (Å²) in [5.41, 5.74) is 3.11. The summed E-state index contributed by atoms with van der Waals surface area (Å²) in [6.07, 6.45) is 3.53. The molecular weight excluding hydrogens is 264 g/mol. The Morgan fingerprint density at radius 2 is 2.05 bits per heavy atom. The molecule has 1 aliphatic heterocycles. The third kappa shape index (κ3) is 3.21. The Labute approximate surface area is 126 Å². The summed E-state index contributed by atoms with van der Waals surface area (Å²) in [6.45, 7) is 4.69. The van der Waals surface area contributed by atoms with Crippen molar-refractivity contribution in [1.82, 2.24) is 4.90 Å². The van der Waals surface area contributed by atoms with E-state index in [0.29, 0.717) is 18.9 Å². The summed E-state index contributed by atoms with van der Waals surface area (Å²) in [5, 5.41) is 12.9. The summed E-state index contributed by atoms with van der Waals surface area (Å²) in [4.78, 5) is 14.6. The fraction of sp³-hybridized carbons (Fsp3) is 0.588. The van der Waals surface area contributed by atoms with Crippen LogP contribution in [0.1, 0.15) is 36.8 Å². The molecule has 0 spiro atoms. The Morgan fingerprint density at radius 3 is 2.76 bits per heavy atom. The number of hydrogen-bond donors (Lipinski definition) is 2. The van der Waals surface area contributed by atoms with E-state index in [-0.39, 0.29) is 18.2 Å². The Hall–Kier alpha value is -1.55. The van der Waals surface area contributed by atoms with Crippen molar-refractivity contribution < 1.29 is 9.90 Å². The molecule has 0 aromatic heterocycles. The standard InChI is InChI=1S/C17H24N2O2/c1-11-3-4-12(2)15(9-11)18-17(21)19-8-7-14(20)10-16(19)13-5-6-13/h3-4,9,13-14,16,20H,5-8,10H2,1-2H3,(H,18,21)/t14-,16-/m1/s1. The van der Waals surface area contributed by atoms with Crippen molar-refractivity contribution in [3.63, 3.8) is 0 Å². The van der Waals surface area contributed by atoms with Gasteiger partial charge >= 0.3 is 6.03 Å². The molecular formula is C17H24N2O2. The molecule has 4 heteroatoms. The van der Waals surface area contributed by atoms with Crippen LogP contribution in [0.3, 0.4) is 0 Å². The van der Waals surface area contributed by atoms with Gasteiger partial charge in [0.15, 0.2) is 0 Å². The van der Waals surface area contributed by atoms with E-state index in [1.165, 1.54) is 12.8 Å². The molecule has 1 aliphatic carbocycles. The number of amides is 2. The quantitative estimate of drug-likeness (QED) is 0.878. The topological polar surface area (TPSA) is 52.6 Å². The van der Waals surface area contributed by atoms with Crippen LogP contribution in [0.15, 0.2) is 18.2 Å². The van der Waals surface area contributed by atoms with Gasteiger partial charge in [0.2, 0.25) is 0 Å². The number of nitrogens with one attached hydrogen (secondary N) is 1. The van der Waals surface area contributed by atoms with E-state index in [9.17, 15) is 9.90 Å². The van der Waals surface area contributed by atoms with Crippen molar-refractivity contribution in [3.8, 4) is 0 Å². The SMILES string of the molecule is Cc1ccc(C)c(NC(=O)N2CC[C@@H](O)C[C@@H]2C2CC2)c1. The Morgan fingerprint density at radius 1 is 1.29 bits per heavy atom. The molecule has 0 bridgehead atoms. The number of likely N-dealkylation sites (tertiary alicyclic amines) is 1. The molecule has 2 fully saturated rings. The van der Waals surface area contributed by atoms with E-state index < -0.39 is 0 Å². The number of aryl methyl sites for hydroxylation is 2. The molecule has 0 radical (unpaired) electrons. The highest BCUT2D eigenvalue weighted by Crippen LogP contribution is 2.39. The minimum atomic E-state index is -0.250. The average Bonchev–Trinajstić information content (AvgIpc) is 3.27. The number of anilines is 1. The first-order valence-electron chi connectivity index (χ1n) is 7.87. The zero-order valence-corrected chi connectivity index (χ0v) is 12.8. The van der Waals surface area contributed by atoms with Gasteiger partial charge in [-0.05, 0) is 62.6 Å². The Kier molecular flexibility index (Phi) is 3.89. The number of nitrogens with zero attached hydrogens (tertiary/aromatic N) is 1. The highest BCUT2D eigenvalue weighted by atomic mass is 16.3. The van der Waals surface area contributed by atoms with Crippen molar-refractivity contribution in [2.45, 2.75) is 51.7 Å². The molecule has 0 unspecified atom stereocenters. The number of piperidine rings is 1. The van der Waals surface area contributed by atoms with Crippen molar-refractivity contribution in [3.05, 3.63) is 29.3 Å². The minimum absolute atomic E-state index is 0.0208. The summed E-state index contributed by atoms with van der Waals surface area (Å²) in [7, 11) is 0. The number of aliphatic hydroxyl groups is 1. The molecule has 21 heavy (non-hydrogen) atoms. The molecule has 3 rings (SSSR count). The number of urea groups is 1. The molecule has 114 valence electrons. The first-order valence-corrected chi connectivity index (χ1v) is 7.87. The van der Waals surface area contributed by atoms with Crippen LogP contribution in [-0.2, 0) is 0 Å². The lowest BCUT2D eigenvalue weighted by molar-refractivity contribution is 0.0550. The van der Waals surface area contributed by atoms with E-state index in [4.69, 9.17) is 0 Å². The van der Waals surface area contributed by atoms with Gasteiger partial charge in [-0.2, -0.15) is 0 Å². The van der Waals surface area contributed by atoms with Crippen LogP contribution < -0.4 is 5.32 Å². The van der Waals surface area contributed by atoms with Gasteiger partial charge in [-0.1, -0.05) is 12.1 Å². The second-order valence-corrected chi connectivity index (χ2v) is 6.52. The zero-order chi connectivity index (χ0) is 15.0. The van der Waals surface area contributed by atoms with Crippen LogP contribution in [0.2, 0.25) is 0 Å². The lowest BCUT2D eigenvalue weighted by Crippen LogP contribution is -2.50. The van der Waals surface area contributed by atoms with Crippen molar-refractivity contribution in [2.24, 2.45) is 5.92 Å². The molecule has 1 saturated carbocycles. The number of hydrogen-bond acceptors (Lipinski definition) is 2. The van der Waals surface area contributed by atoms with E-state index >= 15 is 0 Å². The van der Waals surface area contributed by atoms with E-state index in [1.807, 2.05) is 30.9 Å². The van der Waals surface area contributed by atoms with Gasteiger partial charge in [-0.3, -0.25) is 0 Å². The summed E-state index contributed by atoms with van der Waals surface area (Å²) >= 11 is 0. The highest BCUT2D eigenvalue weighted by Gasteiger charge is 2.40. The molecule has 2 amide bonds. The first kappa shape index (κ1) is 14.4. The van der Waals surface area contributed by atoms with Crippen molar-refractivity contribution in [1.29, 1.82) is 0 Å². The van der Waals surface area contributed by atoms with Crippen molar-refractivity contribution in [2.75, 3.05) is 11.9 Å². The molecule has 4 nitrogen and oxygen atoms in total. The second-order valence-electron chi connectivity index (χ2n) is 6.52. The summed E-state index contributed by atoms with van der Waals surface area (Å²) < 4.78 is 0. The van der Waals surface area contributed by atoms with Gasteiger partial charge in [-0.15, -0.1) is 0 Å². The minimum Gasteiger partial charge on any atom is -0.393 e. The van der Waals surface area contributed by atoms with Crippen LogP contribution in [0.5, 0.6) is 0 Å². The molecule has 2 atom stereocenters. The van der Waals surface area contributed by atoms with Crippen LogP contribution in [0.25, 0.3) is 0 Å². The Bertz CT molecular complexity index is 540. The van der Waals surface area contributed by atoms with E-state index in [0.717, 1.165) is 23.2 Å². The molecule has 2 N–H and O–H groups in total. The maximum Gasteiger partial charge on any atom is 0.322 e. The average molecular weight is 288 g/mol. The zero-order valence-electron chi connectivity index (χ0n) is 12.8. The third-order valence-electron chi connectivity index (χ3n) is 4.68. The lowest BCUT2D eigenvalue weighted by atomic mass is 9.96. The predicted molar refractivity (Wildman–Crippen MR) is 83.4 cm³/mol. The summed E-state index contributed by atoms with van der Waals surface area (Å²) in [6, 6.07) is 6.28. The van der Waals surface area contributed by atoms with E-state index in [2.05, 4.69) is 11.4 Å². The van der Waals surface area contributed by atoms with Gasteiger partial charge in [0.05, 0.1) is 6.10 Å². The maximum atomic E-state index is 12.6. The van der Waals surface area contributed by atoms with Crippen LogP contribution in [0.4, 0.5) is 10.5 Å². The number of carbonyl (C=O) groups is 1. The second kappa shape index (κ2) is 5.68. The lowest BCUT2D eigenvalue weighted by Gasteiger charge is -2.38. The van der Waals surface area contributed by atoms with Gasteiger partial charge in [0, 0.05) is 18.3 Å². The molecule has 1 aromatic rings. The van der Waals surface area contributed by atoms with Crippen LogP contribution in [0, 0.1) is 19.8 Å². The number of rotatable bonds is 2.